The molecule has 0 aromatic rings. The second-order valence-electron chi connectivity index (χ2n) is 10.0. The fourth-order valence-corrected chi connectivity index (χ4v) is 5.72. The van der Waals surface area contributed by atoms with Gasteiger partial charge in [0.2, 0.25) is 0 Å². The van der Waals surface area contributed by atoms with E-state index in [-0.39, 0.29) is 29.8 Å². The van der Waals surface area contributed by atoms with Crippen LogP contribution in [-0.4, -0.2) is 40.2 Å². The standard InChI is InChI=1S/C22H33F3O4/c1-13(2)18(26)28-17-12-14-10-15(17)11-16(14)21(8-6-7-9-21)29-19(3,4)20(5,27)22(23,24)25/h14-17,27H,1,6-12H2,2-5H3. The molecule has 3 fully saturated rings. The van der Waals surface area contributed by atoms with Crippen molar-refractivity contribution in [1.82, 2.24) is 0 Å². The molecular weight excluding hydrogens is 385 g/mol. The number of aliphatic hydroxyl groups is 1. The van der Waals surface area contributed by atoms with E-state index in [0.29, 0.717) is 18.4 Å². The van der Waals surface area contributed by atoms with Crippen molar-refractivity contribution in [3.63, 3.8) is 0 Å². The third-order valence-corrected chi connectivity index (χ3v) is 7.71. The molecule has 5 atom stereocenters. The summed E-state index contributed by atoms with van der Waals surface area (Å²) in [5.41, 5.74) is -5.02. The first-order valence-electron chi connectivity index (χ1n) is 10.6. The topological polar surface area (TPSA) is 55.8 Å². The Morgan fingerprint density at radius 1 is 1.07 bits per heavy atom. The molecule has 0 saturated heterocycles. The fourth-order valence-electron chi connectivity index (χ4n) is 5.72. The Hall–Kier alpha value is -1.08. The van der Waals surface area contributed by atoms with Gasteiger partial charge in [-0.05, 0) is 77.6 Å². The van der Waals surface area contributed by atoms with Crippen molar-refractivity contribution >= 4 is 5.97 Å². The number of rotatable bonds is 6. The molecule has 0 radical (unpaired) electrons. The largest absolute Gasteiger partial charge is 0.459 e. The molecule has 4 nitrogen and oxygen atoms in total. The summed E-state index contributed by atoms with van der Waals surface area (Å²) >= 11 is 0. The van der Waals surface area contributed by atoms with Gasteiger partial charge in [-0.25, -0.2) is 4.79 Å². The number of carbonyl (C=O) groups excluding carboxylic acids is 1. The van der Waals surface area contributed by atoms with Gasteiger partial charge in [-0.2, -0.15) is 13.2 Å². The molecule has 0 heterocycles. The van der Waals surface area contributed by atoms with Gasteiger partial charge in [0.05, 0.1) is 5.60 Å². The highest BCUT2D eigenvalue weighted by atomic mass is 19.4. The minimum absolute atomic E-state index is 0.123. The van der Waals surface area contributed by atoms with Crippen molar-refractivity contribution in [3.8, 4) is 0 Å². The predicted octanol–water partition coefficient (Wildman–Crippen LogP) is 4.94. The number of esters is 1. The van der Waals surface area contributed by atoms with Crippen LogP contribution in [0, 0.1) is 17.8 Å². The molecule has 7 heteroatoms. The molecule has 0 amide bonds. The maximum Gasteiger partial charge on any atom is 0.419 e. The van der Waals surface area contributed by atoms with Crippen LogP contribution in [0.4, 0.5) is 13.2 Å². The van der Waals surface area contributed by atoms with Crippen LogP contribution in [-0.2, 0) is 14.3 Å². The van der Waals surface area contributed by atoms with Crippen LogP contribution in [0.3, 0.4) is 0 Å². The van der Waals surface area contributed by atoms with Gasteiger partial charge in [-0.3, -0.25) is 0 Å². The van der Waals surface area contributed by atoms with Crippen molar-refractivity contribution in [3.05, 3.63) is 12.2 Å². The van der Waals surface area contributed by atoms with Crippen LogP contribution in [0.25, 0.3) is 0 Å². The van der Waals surface area contributed by atoms with Gasteiger partial charge in [0.25, 0.3) is 0 Å². The molecule has 3 aliphatic rings. The van der Waals surface area contributed by atoms with E-state index in [1.807, 2.05) is 0 Å². The molecule has 5 unspecified atom stereocenters. The van der Waals surface area contributed by atoms with Crippen molar-refractivity contribution in [2.45, 2.75) is 102 Å². The Kier molecular flexibility index (Phi) is 5.66. The van der Waals surface area contributed by atoms with E-state index < -0.39 is 23.0 Å². The zero-order chi connectivity index (χ0) is 21.8. The SMILES string of the molecule is C=C(C)C(=O)OC1CC2CC1CC2C1(OC(C)(C)C(C)(O)C(F)(F)F)CCCC1. The lowest BCUT2D eigenvalue weighted by Crippen LogP contribution is -2.63. The van der Waals surface area contributed by atoms with Crippen LogP contribution in [0.1, 0.15) is 72.6 Å². The van der Waals surface area contributed by atoms with E-state index in [0.717, 1.165) is 39.0 Å². The molecule has 166 valence electrons. The van der Waals surface area contributed by atoms with Gasteiger partial charge in [-0.1, -0.05) is 19.4 Å². The van der Waals surface area contributed by atoms with Crippen molar-refractivity contribution < 1.29 is 32.5 Å². The van der Waals surface area contributed by atoms with E-state index in [2.05, 4.69) is 6.58 Å². The van der Waals surface area contributed by atoms with Crippen LogP contribution < -0.4 is 0 Å². The highest BCUT2D eigenvalue weighted by Gasteiger charge is 2.64. The molecule has 0 aromatic heterocycles. The Morgan fingerprint density at radius 3 is 2.10 bits per heavy atom. The summed E-state index contributed by atoms with van der Waals surface area (Å²) in [5.74, 6) is 0.208. The lowest BCUT2D eigenvalue weighted by atomic mass is 9.73. The van der Waals surface area contributed by atoms with Crippen LogP contribution >= 0.6 is 0 Å². The summed E-state index contributed by atoms with van der Waals surface area (Å²) in [4.78, 5) is 11.9. The Labute approximate surface area is 170 Å². The first-order chi connectivity index (χ1) is 13.2. The first kappa shape index (κ1) is 22.6. The number of carbonyl (C=O) groups is 1. The summed E-state index contributed by atoms with van der Waals surface area (Å²) in [6.45, 7) is 8.71. The Bertz CT molecular complexity index is 661. The van der Waals surface area contributed by atoms with Crippen LogP contribution in [0.5, 0.6) is 0 Å². The highest BCUT2D eigenvalue weighted by Crippen LogP contribution is 2.59. The summed E-state index contributed by atoms with van der Waals surface area (Å²) in [7, 11) is 0. The Balaban J connectivity index is 1.77. The summed E-state index contributed by atoms with van der Waals surface area (Å²) < 4.78 is 52.4. The highest BCUT2D eigenvalue weighted by molar-refractivity contribution is 5.87. The zero-order valence-electron chi connectivity index (χ0n) is 17.8. The summed E-state index contributed by atoms with van der Waals surface area (Å²) in [6.07, 6.45) is 0.692. The average molecular weight is 418 g/mol. The minimum Gasteiger partial charge on any atom is -0.459 e. The van der Waals surface area contributed by atoms with E-state index in [9.17, 15) is 23.1 Å². The summed E-state index contributed by atoms with van der Waals surface area (Å²) in [5, 5.41) is 10.3. The maximum atomic E-state index is 13.5. The molecule has 2 bridgehead atoms. The van der Waals surface area contributed by atoms with Gasteiger partial charge in [-0.15, -0.1) is 0 Å². The lowest BCUT2D eigenvalue weighted by Gasteiger charge is -2.50. The number of fused-ring (bicyclic) bond motifs is 2. The van der Waals surface area contributed by atoms with Crippen molar-refractivity contribution in [2.75, 3.05) is 0 Å². The second kappa shape index (κ2) is 7.26. The predicted molar refractivity (Wildman–Crippen MR) is 102 cm³/mol. The van der Waals surface area contributed by atoms with Gasteiger partial charge < -0.3 is 14.6 Å². The van der Waals surface area contributed by atoms with Gasteiger partial charge in [0, 0.05) is 5.57 Å². The molecule has 0 spiro atoms. The zero-order valence-corrected chi connectivity index (χ0v) is 17.8. The van der Waals surface area contributed by atoms with E-state index in [1.54, 1.807) is 6.92 Å². The molecule has 1 N–H and O–H groups in total. The van der Waals surface area contributed by atoms with E-state index in [4.69, 9.17) is 9.47 Å². The van der Waals surface area contributed by atoms with Crippen LogP contribution in [0.15, 0.2) is 12.2 Å². The summed E-state index contributed by atoms with van der Waals surface area (Å²) in [6, 6.07) is 0. The van der Waals surface area contributed by atoms with Crippen LogP contribution in [0.2, 0.25) is 0 Å². The average Bonchev–Trinajstić information content (AvgIpc) is 3.28. The molecule has 3 rings (SSSR count). The number of halogens is 3. The van der Waals surface area contributed by atoms with E-state index in [1.165, 1.54) is 13.8 Å². The molecular formula is C22H33F3O4. The Morgan fingerprint density at radius 2 is 1.66 bits per heavy atom. The van der Waals surface area contributed by atoms with E-state index >= 15 is 0 Å². The fraction of sp³-hybridized carbons (Fsp3) is 0.864. The quantitative estimate of drug-likeness (QED) is 0.490. The number of hydrogen-bond acceptors (Lipinski definition) is 4. The second-order valence-corrected chi connectivity index (χ2v) is 10.0. The smallest absolute Gasteiger partial charge is 0.419 e. The molecule has 3 saturated carbocycles. The molecule has 0 aromatic carbocycles. The maximum absolute atomic E-state index is 13.5. The number of alkyl halides is 3. The number of hydrogen-bond donors (Lipinski definition) is 1. The monoisotopic (exact) mass is 418 g/mol. The normalized spacial score (nSPS) is 33.5. The third kappa shape index (κ3) is 3.85. The third-order valence-electron chi connectivity index (χ3n) is 7.71. The first-order valence-corrected chi connectivity index (χ1v) is 10.6. The van der Waals surface area contributed by atoms with Crippen molar-refractivity contribution in [1.29, 1.82) is 0 Å². The van der Waals surface area contributed by atoms with Gasteiger partial charge >= 0.3 is 12.1 Å². The van der Waals surface area contributed by atoms with Gasteiger partial charge in [0.1, 0.15) is 11.7 Å². The van der Waals surface area contributed by atoms with Crippen molar-refractivity contribution in [2.24, 2.45) is 17.8 Å². The molecule has 29 heavy (non-hydrogen) atoms. The molecule has 0 aliphatic heterocycles. The molecule has 3 aliphatic carbocycles. The number of ether oxygens (including phenoxy) is 2. The minimum atomic E-state index is -4.78. The van der Waals surface area contributed by atoms with Gasteiger partial charge in [0.15, 0.2) is 5.60 Å². The lowest BCUT2D eigenvalue weighted by molar-refractivity contribution is -0.334.